The van der Waals surface area contributed by atoms with Gasteiger partial charge in [0.2, 0.25) is 0 Å². The second kappa shape index (κ2) is 3.13. The van der Waals surface area contributed by atoms with Gasteiger partial charge in [0.25, 0.3) is 0 Å². The SMILES string of the molecule is CSS(C)(C)C1CC2CCC1C2. The van der Waals surface area contributed by atoms with E-state index in [4.69, 9.17) is 0 Å². The quantitative estimate of drug-likeness (QED) is 0.620. The summed E-state index contributed by atoms with van der Waals surface area (Å²) in [6.07, 6.45) is 13.6. The average Bonchev–Trinajstić information content (AvgIpc) is 2.64. The molecule has 0 N–H and O–H groups in total. The molecule has 0 saturated heterocycles. The van der Waals surface area contributed by atoms with Crippen LogP contribution < -0.4 is 0 Å². The molecule has 3 atom stereocenters. The third kappa shape index (κ3) is 1.41. The largest absolute Gasteiger partial charge is 0.196 e. The fourth-order valence-corrected chi connectivity index (χ4v) is 6.61. The van der Waals surface area contributed by atoms with E-state index in [9.17, 15) is 0 Å². The zero-order valence-electron chi connectivity index (χ0n) is 8.38. The Labute approximate surface area is 81.6 Å². The van der Waals surface area contributed by atoms with Crippen molar-refractivity contribution in [2.45, 2.75) is 30.9 Å². The fraction of sp³-hybridized carbons (Fsp3) is 1.00. The zero-order chi connectivity index (χ0) is 8.77. The van der Waals surface area contributed by atoms with Crippen molar-refractivity contribution in [3.05, 3.63) is 0 Å². The second-order valence-corrected chi connectivity index (χ2v) is 11.8. The van der Waals surface area contributed by atoms with Crippen molar-refractivity contribution in [2.24, 2.45) is 11.8 Å². The van der Waals surface area contributed by atoms with Crippen LogP contribution in [0.4, 0.5) is 0 Å². The first-order valence-electron chi connectivity index (χ1n) is 4.91. The molecule has 0 aliphatic heterocycles. The van der Waals surface area contributed by atoms with Crippen molar-refractivity contribution < 1.29 is 0 Å². The summed E-state index contributed by atoms with van der Waals surface area (Å²) in [5.41, 5.74) is 0. The Balaban J connectivity index is 2.06. The van der Waals surface area contributed by atoms with E-state index in [1.54, 1.807) is 25.7 Å². The van der Waals surface area contributed by atoms with Crippen molar-refractivity contribution in [3.63, 3.8) is 0 Å². The molecule has 0 nitrogen and oxygen atoms in total. The van der Waals surface area contributed by atoms with Crippen LogP contribution in [0.25, 0.3) is 0 Å². The molecule has 2 bridgehead atoms. The standard InChI is InChI=1S/C10H20S2/c1-11-12(2,3)10-7-8-4-5-9(10)6-8/h8-10H,4-7H2,1-3H3. The van der Waals surface area contributed by atoms with Crippen LogP contribution in [-0.4, -0.2) is 24.0 Å². The first kappa shape index (κ1) is 9.26. The number of hydrogen-bond acceptors (Lipinski definition) is 1. The molecule has 2 heteroatoms. The second-order valence-electron chi connectivity index (χ2n) is 4.69. The highest BCUT2D eigenvalue weighted by Gasteiger charge is 2.44. The lowest BCUT2D eigenvalue weighted by atomic mass is 10.0. The van der Waals surface area contributed by atoms with Gasteiger partial charge in [-0.15, -0.1) is 10.8 Å². The monoisotopic (exact) mass is 204 g/mol. The van der Waals surface area contributed by atoms with E-state index in [1.807, 2.05) is 0 Å². The maximum absolute atomic E-state index is 2.52. The van der Waals surface area contributed by atoms with Crippen molar-refractivity contribution >= 4 is 19.9 Å². The summed E-state index contributed by atoms with van der Waals surface area (Å²) in [6.45, 7) is 0. The average molecular weight is 204 g/mol. The Hall–Kier alpha value is 0.700. The van der Waals surface area contributed by atoms with Crippen LogP contribution in [0.3, 0.4) is 0 Å². The topological polar surface area (TPSA) is 0 Å². The van der Waals surface area contributed by atoms with Gasteiger partial charge in [-0.3, -0.25) is 0 Å². The highest BCUT2D eigenvalue weighted by molar-refractivity contribution is 8.93. The summed E-state index contributed by atoms with van der Waals surface area (Å²) in [5.74, 6) is 2.24. The highest BCUT2D eigenvalue weighted by atomic mass is 33.2. The summed E-state index contributed by atoms with van der Waals surface area (Å²) in [4.78, 5) is 0. The van der Waals surface area contributed by atoms with Crippen LogP contribution in [0.15, 0.2) is 0 Å². The Morgan fingerprint density at radius 3 is 2.33 bits per heavy atom. The molecule has 72 valence electrons. The minimum absolute atomic E-state index is 0.312. The first-order valence-corrected chi connectivity index (χ1v) is 9.16. The molecule has 2 fully saturated rings. The molecule has 2 rings (SSSR count). The molecule has 0 spiro atoms. The van der Waals surface area contributed by atoms with E-state index in [-0.39, 0.29) is 9.06 Å². The summed E-state index contributed by atoms with van der Waals surface area (Å²) in [5, 5.41) is 1.10. The first-order chi connectivity index (χ1) is 5.63. The van der Waals surface area contributed by atoms with Gasteiger partial charge in [0.1, 0.15) is 0 Å². The van der Waals surface area contributed by atoms with Crippen molar-refractivity contribution in [1.82, 2.24) is 0 Å². The van der Waals surface area contributed by atoms with Gasteiger partial charge in [-0.05, 0) is 55.1 Å². The van der Waals surface area contributed by atoms with Crippen molar-refractivity contribution in [3.8, 4) is 0 Å². The molecule has 0 aromatic rings. The molecule has 0 radical (unpaired) electrons. The lowest BCUT2D eigenvalue weighted by Crippen LogP contribution is -2.21. The predicted octanol–water partition coefficient (Wildman–Crippen LogP) is 3.52. The molecule has 0 amide bonds. The Morgan fingerprint density at radius 2 is 1.92 bits per heavy atom. The molecular formula is C10H20S2. The molecule has 2 aliphatic carbocycles. The van der Waals surface area contributed by atoms with Crippen LogP contribution in [-0.2, 0) is 0 Å². The van der Waals surface area contributed by atoms with E-state index < -0.39 is 0 Å². The normalized spacial score (nSPS) is 42.1. The van der Waals surface area contributed by atoms with E-state index in [1.165, 1.54) is 0 Å². The molecule has 12 heavy (non-hydrogen) atoms. The summed E-state index contributed by atoms with van der Waals surface area (Å²) >= 11 is 0. The molecule has 0 aromatic carbocycles. The molecule has 0 heterocycles. The van der Waals surface area contributed by atoms with E-state index in [0.29, 0.717) is 0 Å². The molecule has 2 saturated carbocycles. The third-order valence-corrected chi connectivity index (χ3v) is 10.0. The number of fused-ring (bicyclic) bond motifs is 2. The minimum Gasteiger partial charge on any atom is -0.196 e. The van der Waals surface area contributed by atoms with Gasteiger partial charge in [0.15, 0.2) is 0 Å². The van der Waals surface area contributed by atoms with Crippen LogP contribution in [0.5, 0.6) is 0 Å². The lowest BCUT2D eigenvalue weighted by Gasteiger charge is -2.40. The Morgan fingerprint density at radius 1 is 1.17 bits per heavy atom. The van der Waals surface area contributed by atoms with E-state index >= 15 is 0 Å². The van der Waals surface area contributed by atoms with E-state index in [0.717, 1.165) is 17.1 Å². The summed E-state index contributed by atoms with van der Waals surface area (Å²) in [6, 6.07) is 0. The van der Waals surface area contributed by atoms with Crippen molar-refractivity contribution in [2.75, 3.05) is 18.8 Å². The molecular weight excluding hydrogens is 184 g/mol. The van der Waals surface area contributed by atoms with E-state index in [2.05, 4.69) is 29.6 Å². The smallest absolute Gasteiger partial charge is 0.0000885 e. The lowest BCUT2D eigenvalue weighted by molar-refractivity contribution is 0.490. The maximum atomic E-state index is 2.52. The summed E-state index contributed by atoms with van der Waals surface area (Å²) < 4.78 is 0. The van der Waals surface area contributed by atoms with Crippen molar-refractivity contribution in [1.29, 1.82) is 0 Å². The molecule has 2 aliphatic rings. The van der Waals surface area contributed by atoms with Gasteiger partial charge >= 0.3 is 0 Å². The maximum Gasteiger partial charge on any atom is -0.0000885 e. The van der Waals surface area contributed by atoms with Gasteiger partial charge in [-0.25, -0.2) is 0 Å². The van der Waals surface area contributed by atoms with Crippen LogP contribution in [0, 0.1) is 11.8 Å². The predicted molar refractivity (Wildman–Crippen MR) is 62.2 cm³/mol. The highest BCUT2D eigenvalue weighted by Crippen LogP contribution is 2.66. The van der Waals surface area contributed by atoms with Gasteiger partial charge in [0, 0.05) is 0 Å². The minimum atomic E-state index is -0.312. The summed E-state index contributed by atoms with van der Waals surface area (Å²) in [7, 11) is 1.84. The van der Waals surface area contributed by atoms with Gasteiger partial charge in [0.05, 0.1) is 0 Å². The van der Waals surface area contributed by atoms with Crippen LogP contribution in [0.1, 0.15) is 25.7 Å². The van der Waals surface area contributed by atoms with Gasteiger partial charge < -0.3 is 0 Å². The number of hydrogen-bond donors (Lipinski definition) is 0. The molecule has 3 unspecified atom stereocenters. The molecule has 0 aromatic heterocycles. The Kier molecular flexibility index (Phi) is 2.41. The van der Waals surface area contributed by atoms with Crippen LogP contribution in [0.2, 0.25) is 0 Å². The van der Waals surface area contributed by atoms with Gasteiger partial charge in [-0.1, -0.05) is 6.42 Å². The Bertz CT molecular complexity index is 177. The number of rotatable bonds is 2. The fourth-order valence-electron chi connectivity index (χ4n) is 3.01. The van der Waals surface area contributed by atoms with Gasteiger partial charge in [-0.2, -0.15) is 9.06 Å². The zero-order valence-corrected chi connectivity index (χ0v) is 10.0. The third-order valence-electron chi connectivity index (χ3n) is 3.83. The van der Waals surface area contributed by atoms with Crippen LogP contribution >= 0.6 is 19.9 Å².